The highest BCUT2D eigenvalue weighted by molar-refractivity contribution is 6.05. The van der Waals surface area contributed by atoms with Gasteiger partial charge in [-0.25, -0.2) is 9.69 Å². The molecule has 5 rings (SSSR count). The minimum Gasteiger partial charge on any atom is -0.496 e. The zero-order valence-corrected chi connectivity index (χ0v) is 24.2. The molecule has 1 spiro atoms. The Morgan fingerprint density at radius 2 is 1.47 bits per heavy atom. The van der Waals surface area contributed by atoms with Gasteiger partial charge in [0.25, 0.3) is 5.91 Å². The molecule has 2 heterocycles. The lowest BCUT2D eigenvalue weighted by atomic mass is 9.91. The standard InChI is InChI=1S/C32H30F6N2O5/c1-43-26-11-3-2-10-25(26)28(41)40-20-30(45-29(40)42)12-14-39(15-13-30)16-17-44-27(21-6-4-8-23(18-21)31(33,34)35)22-7-5-9-24(19-22)32(36,37)38/h2-11,18-19,27H,12-17,20H2,1H3. The monoisotopic (exact) mass is 636 g/mol. The third kappa shape index (κ3) is 7.25. The Bertz CT molecular complexity index is 1480. The summed E-state index contributed by atoms with van der Waals surface area (Å²) in [6.45, 7) is 1.32. The molecule has 2 saturated heterocycles. The Labute approximate surface area is 255 Å². The molecule has 0 aromatic heterocycles. The van der Waals surface area contributed by atoms with Crippen molar-refractivity contribution >= 4 is 12.0 Å². The van der Waals surface area contributed by atoms with E-state index in [1.54, 1.807) is 24.3 Å². The van der Waals surface area contributed by atoms with Gasteiger partial charge in [-0.1, -0.05) is 36.4 Å². The fraction of sp³-hybridized carbons (Fsp3) is 0.375. The Hall–Kier alpha value is -4.10. The molecule has 2 aliphatic heterocycles. The number of para-hydroxylation sites is 1. The smallest absolute Gasteiger partial charge is 0.417 e. The highest BCUT2D eigenvalue weighted by Gasteiger charge is 2.49. The molecule has 2 aliphatic rings. The average molecular weight is 637 g/mol. The quantitative estimate of drug-likeness (QED) is 0.249. The number of benzene rings is 3. The normalized spacial score (nSPS) is 17.2. The van der Waals surface area contributed by atoms with Crippen molar-refractivity contribution in [1.29, 1.82) is 0 Å². The Balaban J connectivity index is 1.24. The zero-order valence-electron chi connectivity index (χ0n) is 24.2. The summed E-state index contributed by atoms with van der Waals surface area (Å²) < 4.78 is 97.5. The Kier molecular flexibility index (Phi) is 9.13. The summed E-state index contributed by atoms with van der Waals surface area (Å²) in [6, 6.07) is 15.2. The lowest BCUT2D eigenvalue weighted by Gasteiger charge is -2.37. The third-order valence-electron chi connectivity index (χ3n) is 8.05. The number of methoxy groups -OCH3 is 1. The second kappa shape index (κ2) is 12.7. The number of likely N-dealkylation sites (tertiary alicyclic amines) is 1. The fourth-order valence-corrected chi connectivity index (χ4v) is 5.63. The van der Waals surface area contributed by atoms with Crippen LogP contribution in [0.1, 0.15) is 51.6 Å². The summed E-state index contributed by atoms with van der Waals surface area (Å²) in [4.78, 5) is 28.9. The van der Waals surface area contributed by atoms with Crippen LogP contribution in [0.2, 0.25) is 0 Å². The topological polar surface area (TPSA) is 68.3 Å². The SMILES string of the molecule is COc1ccccc1C(=O)N1CC2(CCN(CCOC(c3cccc(C(F)(F)F)c3)c3cccc(C(F)(F)F)c3)CC2)OC1=O. The maximum atomic E-state index is 13.4. The van der Waals surface area contributed by atoms with Crippen LogP contribution in [0.15, 0.2) is 72.8 Å². The summed E-state index contributed by atoms with van der Waals surface area (Å²) in [5.74, 6) is -0.194. The van der Waals surface area contributed by atoms with Crippen LogP contribution in [0.3, 0.4) is 0 Å². The molecular formula is C32H30F6N2O5. The van der Waals surface area contributed by atoms with Gasteiger partial charge in [-0.2, -0.15) is 26.3 Å². The largest absolute Gasteiger partial charge is 0.496 e. The Morgan fingerprint density at radius 3 is 2.02 bits per heavy atom. The van der Waals surface area contributed by atoms with E-state index in [0.29, 0.717) is 38.2 Å². The molecular weight excluding hydrogens is 606 g/mol. The van der Waals surface area contributed by atoms with E-state index in [0.717, 1.165) is 29.2 Å². The fourth-order valence-electron chi connectivity index (χ4n) is 5.63. The first kappa shape index (κ1) is 32.3. The van der Waals surface area contributed by atoms with Crippen molar-refractivity contribution in [3.63, 3.8) is 0 Å². The van der Waals surface area contributed by atoms with Crippen LogP contribution in [0.5, 0.6) is 5.75 Å². The number of piperidine rings is 1. The lowest BCUT2D eigenvalue weighted by Crippen LogP contribution is -2.48. The molecule has 0 atom stereocenters. The van der Waals surface area contributed by atoms with Crippen LogP contribution >= 0.6 is 0 Å². The first-order valence-electron chi connectivity index (χ1n) is 14.2. The van der Waals surface area contributed by atoms with E-state index in [-0.39, 0.29) is 29.8 Å². The van der Waals surface area contributed by atoms with E-state index in [4.69, 9.17) is 14.2 Å². The molecule has 13 heteroatoms. The summed E-state index contributed by atoms with van der Waals surface area (Å²) >= 11 is 0. The molecule has 0 aliphatic carbocycles. The molecule has 0 unspecified atom stereocenters. The minimum atomic E-state index is -4.64. The summed E-state index contributed by atoms with van der Waals surface area (Å²) in [6.07, 6.45) is -10.4. The van der Waals surface area contributed by atoms with Crippen LogP contribution in [0, 0.1) is 0 Å². The zero-order chi connectivity index (χ0) is 32.4. The van der Waals surface area contributed by atoms with E-state index in [9.17, 15) is 35.9 Å². The predicted octanol–water partition coefficient (Wildman–Crippen LogP) is 6.97. The van der Waals surface area contributed by atoms with Crippen LogP contribution in [-0.4, -0.2) is 67.3 Å². The van der Waals surface area contributed by atoms with E-state index < -0.39 is 47.2 Å². The van der Waals surface area contributed by atoms with E-state index in [1.165, 1.54) is 31.4 Å². The summed E-state index contributed by atoms with van der Waals surface area (Å²) in [5, 5.41) is 0. The van der Waals surface area contributed by atoms with Crippen molar-refractivity contribution in [3.8, 4) is 5.75 Å². The van der Waals surface area contributed by atoms with Gasteiger partial charge in [0.2, 0.25) is 0 Å². The predicted molar refractivity (Wildman–Crippen MR) is 150 cm³/mol. The van der Waals surface area contributed by atoms with Crippen LogP contribution < -0.4 is 4.74 Å². The number of hydrogen-bond acceptors (Lipinski definition) is 6. The van der Waals surface area contributed by atoms with E-state index >= 15 is 0 Å². The molecule has 0 N–H and O–H groups in total. The van der Waals surface area contributed by atoms with Gasteiger partial charge < -0.3 is 19.1 Å². The van der Waals surface area contributed by atoms with Crippen molar-refractivity contribution in [2.45, 2.75) is 36.9 Å². The molecule has 0 bridgehead atoms. The Morgan fingerprint density at radius 1 is 0.889 bits per heavy atom. The molecule has 0 saturated carbocycles. The number of amides is 2. The van der Waals surface area contributed by atoms with Crippen molar-refractivity contribution in [1.82, 2.24) is 9.80 Å². The van der Waals surface area contributed by atoms with Crippen molar-refractivity contribution in [2.75, 3.05) is 39.9 Å². The van der Waals surface area contributed by atoms with Gasteiger partial charge in [-0.05, 0) is 47.5 Å². The second-order valence-electron chi connectivity index (χ2n) is 11.0. The molecule has 2 fully saturated rings. The van der Waals surface area contributed by atoms with E-state index in [1.807, 2.05) is 4.90 Å². The van der Waals surface area contributed by atoms with Gasteiger partial charge in [0.1, 0.15) is 17.5 Å². The lowest BCUT2D eigenvalue weighted by molar-refractivity contribution is -0.138. The number of nitrogens with zero attached hydrogens (tertiary/aromatic N) is 2. The van der Waals surface area contributed by atoms with Crippen LogP contribution in [-0.2, 0) is 21.8 Å². The first-order chi connectivity index (χ1) is 21.3. The number of carbonyl (C=O) groups is 2. The number of rotatable bonds is 8. The minimum absolute atomic E-state index is 0.00234. The highest BCUT2D eigenvalue weighted by atomic mass is 19.4. The van der Waals surface area contributed by atoms with Gasteiger partial charge in [0, 0.05) is 32.5 Å². The van der Waals surface area contributed by atoms with Gasteiger partial charge in [-0.3, -0.25) is 4.79 Å². The number of carbonyl (C=O) groups excluding carboxylic acids is 2. The first-order valence-corrected chi connectivity index (χ1v) is 14.2. The van der Waals surface area contributed by atoms with Gasteiger partial charge in [0.15, 0.2) is 0 Å². The van der Waals surface area contributed by atoms with Crippen molar-refractivity contribution in [2.24, 2.45) is 0 Å². The molecule has 2 amide bonds. The molecule has 3 aromatic carbocycles. The molecule has 0 radical (unpaired) electrons. The van der Waals surface area contributed by atoms with Gasteiger partial charge >= 0.3 is 18.4 Å². The number of halogens is 6. The van der Waals surface area contributed by atoms with Gasteiger partial charge in [-0.15, -0.1) is 0 Å². The number of imide groups is 1. The number of ether oxygens (including phenoxy) is 3. The van der Waals surface area contributed by atoms with Crippen LogP contribution in [0.4, 0.5) is 31.1 Å². The summed E-state index contributed by atoms with van der Waals surface area (Å²) in [5.41, 5.74) is -2.37. The third-order valence-corrected chi connectivity index (χ3v) is 8.05. The molecule has 7 nitrogen and oxygen atoms in total. The molecule has 240 valence electrons. The number of alkyl halides is 6. The summed E-state index contributed by atoms with van der Waals surface area (Å²) in [7, 11) is 1.43. The van der Waals surface area contributed by atoms with E-state index in [2.05, 4.69) is 0 Å². The number of hydrogen-bond donors (Lipinski definition) is 0. The molecule has 3 aromatic rings. The maximum Gasteiger partial charge on any atom is 0.417 e. The average Bonchev–Trinajstić information content (AvgIpc) is 3.34. The maximum absolute atomic E-state index is 13.4. The molecule has 45 heavy (non-hydrogen) atoms. The highest BCUT2D eigenvalue weighted by Crippen LogP contribution is 2.37. The van der Waals surface area contributed by atoms with Crippen molar-refractivity contribution < 1.29 is 50.1 Å². The van der Waals surface area contributed by atoms with Crippen molar-refractivity contribution in [3.05, 3.63) is 101 Å². The van der Waals surface area contributed by atoms with Gasteiger partial charge in [0.05, 0.1) is 37.0 Å². The van der Waals surface area contributed by atoms with Crippen LogP contribution in [0.25, 0.3) is 0 Å². The second-order valence-corrected chi connectivity index (χ2v) is 11.0.